The van der Waals surface area contributed by atoms with E-state index in [-0.39, 0.29) is 24.0 Å². The number of nitrogens with one attached hydrogen (secondary N) is 2. The molecule has 0 radical (unpaired) electrons. The molecule has 0 atom stereocenters. The Bertz CT molecular complexity index is 917. The lowest BCUT2D eigenvalue weighted by Gasteiger charge is -2.16. The molecule has 7 nitrogen and oxygen atoms in total. The Morgan fingerprint density at radius 2 is 1.76 bits per heavy atom. The van der Waals surface area contributed by atoms with E-state index in [1.807, 2.05) is 19.1 Å². The third kappa shape index (κ3) is 6.12. The quantitative estimate of drug-likeness (QED) is 0.329. The van der Waals surface area contributed by atoms with Crippen molar-refractivity contribution < 1.29 is 8.42 Å². The van der Waals surface area contributed by atoms with Gasteiger partial charge >= 0.3 is 0 Å². The topological polar surface area (TPSA) is 86.7 Å². The fraction of sp³-hybridized carbons (Fsp3) is 0.474. The molecule has 160 valence electrons. The summed E-state index contributed by atoms with van der Waals surface area (Å²) < 4.78 is 26.7. The number of aliphatic imine (C=N–C) groups is 1. The van der Waals surface area contributed by atoms with Crippen molar-refractivity contribution in [3.63, 3.8) is 0 Å². The summed E-state index contributed by atoms with van der Waals surface area (Å²) in [5, 5.41) is 7.52. The highest BCUT2D eigenvalue weighted by atomic mass is 127. The molecule has 1 aromatic carbocycles. The van der Waals surface area contributed by atoms with E-state index in [9.17, 15) is 8.42 Å². The average molecular weight is 550 g/mol. The van der Waals surface area contributed by atoms with Gasteiger partial charge in [0.2, 0.25) is 10.0 Å². The van der Waals surface area contributed by atoms with Crippen LogP contribution in [0.2, 0.25) is 0 Å². The second-order valence-electron chi connectivity index (χ2n) is 6.78. The second-order valence-corrected chi connectivity index (χ2v) is 10.0. The van der Waals surface area contributed by atoms with Gasteiger partial charge in [0.05, 0.1) is 17.1 Å². The van der Waals surface area contributed by atoms with E-state index in [1.54, 1.807) is 34.8 Å². The summed E-state index contributed by atoms with van der Waals surface area (Å²) in [5.74, 6) is 0.680. The highest BCUT2D eigenvalue weighted by Crippen LogP contribution is 2.21. The van der Waals surface area contributed by atoms with E-state index < -0.39 is 10.0 Å². The molecule has 10 heteroatoms. The van der Waals surface area contributed by atoms with Crippen LogP contribution in [0.5, 0.6) is 0 Å². The van der Waals surface area contributed by atoms with E-state index in [0.29, 0.717) is 37.0 Å². The maximum atomic E-state index is 12.6. The minimum Gasteiger partial charge on any atom is -0.352 e. The minimum absolute atomic E-state index is 0. The summed E-state index contributed by atoms with van der Waals surface area (Å²) in [6, 6.07) is 7.05. The van der Waals surface area contributed by atoms with Gasteiger partial charge in [-0.15, -0.1) is 35.3 Å². The third-order valence-electron chi connectivity index (χ3n) is 4.79. The van der Waals surface area contributed by atoms with Gasteiger partial charge in [0.25, 0.3) is 0 Å². The van der Waals surface area contributed by atoms with Crippen LogP contribution in [-0.2, 0) is 23.1 Å². The fourth-order valence-electron chi connectivity index (χ4n) is 3.04. The summed E-state index contributed by atoms with van der Waals surface area (Å²) in [6.45, 7) is 6.48. The van der Waals surface area contributed by atoms with Crippen molar-refractivity contribution in [1.29, 1.82) is 0 Å². The predicted molar refractivity (Wildman–Crippen MR) is 128 cm³/mol. The minimum atomic E-state index is -3.36. The molecule has 1 aliphatic heterocycles. The molecule has 1 fully saturated rings. The molecule has 2 heterocycles. The van der Waals surface area contributed by atoms with Crippen molar-refractivity contribution in [2.24, 2.45) is 4.99 Å². The first-order chi connectivity index (χ1) is 13.4. The molecule has 3 rings (SSSR count). The Morgan fingerprint density at radius 3 is 2.31 bits per heavy atom. The van der Waals surface area contributed by atoms with E-state index in [4.69, 9.17) is 0 Å². The zero-order valence-electron chi connectivity index (χ0n) is 16.9. The third-order valence-corrected chi connectivity index (χ3v) is 7.78. The molecule has 0 saturated carbocycles. The van der Waals surface area contributed by atoms with Crippen LogP contribution < -0.4 is 10.6 Å². The van der Waals surface area contributed by atoms with Crippen LogP contribution in [0.25, 0.3) is 0 Å². The standard InChI is InChI=1S/C19H27N5O2S2.HI/c1-14-15(2)27-18(23-14)13-22-19(20-3)21-12-16-6-8-17(9-7-16)28(25,26)24-10-4-5-11-24;/h6-9H,4-5,10-13H2,1-3H3,(H2,20,21,22);1H. The highest BCUT2D eigenvalue weighted by molar-refractivity contribution is 14.0. The molecule has 1 aromatic heterocycles. The molecule has 2 aromatic rings. The van der Waals surface area contributed by atoms with E-state index in [1.165, 1.54) is 4.88 Å². The monoisotopic (exact) mass is 549 g/mol. The number of sulfonamides is 1. The molecule has 0 aliphatic carbocycles. The maximum Gasteiger partial charge on any atom is 0.243 e. The van der Waals surface area contributed by atoms with Crippen LogP contribution >= 0.6 is 35.3 Å². The maximum absolute atomic E-state index is 12.6. The van der Waals surface area contributed by atoms with Crippen LogP contribution in [-0.4, -0.2) is 43.8 Å². The predicted octanol–water partition coefficient (Wildman–Crippen LogP) is 3.03. The Hall–Kier alpha value is -1.24. The fourth-order valence-corrected chi connectivity index (χ4v) is 5.43. The number of halogens is 1. The van der Waals surface area contributed by atoms with Crippen molar-refractivity contribution in [3.05, 3.63) is 45.4 Å². The molecular formula is C19H28IN5O2S2. The SMILES string of the molecule is CN=C(NCc1ccc(S(=O)(=O)N2CCCC2)cc1)NCc1nc(C)c(C)s1.I. The molecule has 2 N–H and O–H groups in total. The number of aromatic nitrogens is 1. The van der Waals surface area contributed by atoms with Crippen LogP contribution in [0.1, 0.15) is 34.0 Å². The second kappa shape index (κ2) is 10.7. The normalized spacial score (nSPS) is 15.2. The van der Waals surface area contributed by atoms with E-state index >= 15 is 0 Å². The number of rotatable bonds is 6. The number of benzene rings is 1. The van der Waals surface area contributed by atoms with Gasteiger partial charge < -0.3 is 10.6 Å². The number of hydrogen-bond donors (Lipinski definition) is 2. The molecule has 1 aliphatic rings. The smallest absolute Gasteiger partial charge is 0.243 e. The Kier molecular flexibility index (Phi) is 8.86. The number of thiazole rings is 1. The summed E-state index contributed by atoms with van der Waals surface area (Å²) in [7, 11) is -1.64. The number of aryl methyl sites for hydroxylation is 2. The average Bonchev–Trinajstić information content (AvgIpc) is 3.33. The van der Waals surface area contributed by atoms with Crippen LogP contribution in [0.4, 0.5) is 0 Å². The number of hydrogen-bond acceptors (Lipinski definition) is 5. The summed E-state index contributed by atoms with van der Waals surface area (Å²) >= 11 is 1.68. The lowest BCUT2D eigenvalue weighted by molar-refractivity contribution is 0.477. The molecule has 29 heavy (non-hydrogen) atoms. The number of nitrogens with zero attached hydrogens (tertiary/aromatic N) is 3. The first-order valence-electron chi connectivity index (χ1n) is 9.36. The molecule has 0 bridgehead atoms. The Balaban J connectivity index is 0.00000300. The molecule has 1 saturated heterocycles. The van der Waals surface area contributed by atoms with Gasteiger partial charge in [0, 0.05) is 31.6 Å². The van der Waals surface area contributed by atoms with Crippen LogP contribution in [0, 0.1) is 13.8 Å². The van der Waals surface area contributed by atoms with E-state index in [0.717, 1.165) is 29.1 Å². The van der Waals surface area contributed by atoms with Gasteiger partial charge in [0.1, 0.15) is 5.01 Å². The Labute approximate surface area is 194 Å². The first-order valence-corrected chi connectivity index (χ1v) is 11.6. The summed E-state index contributed by atoms with van der Waals surface area (Å²) in [5.41, 5.74) is 2.05. The lowest BCUT2D eigenvalue weighted by Crippen LogP contribution is -2.36. The summed E-state index contributed by atoms with van der Waals surface area (Å²) in [6.07, 6.45) is 1.88. The summed E-state index contributed by atoms with van der Waals surface area (Å²) in [4.78, 5) is 10.3. The van der Waals surface area contributed by atoms with Gasteiger partial charge in [-0.05, 0) is 44.4 Å². The van der Waals surface area contributed by atoms with Crippen molar-refractivity contribution in [3.8, 4) is 0 Å². The van der Waals surface area contributed by atoms with Gasteiger partial charge in [-0.1, -0.05) is 12.1 Å². The van der Waals surface area contributed by atoms with Crippen LogP contribution in [0.15, 0.2) is 34.2 Å². The largest absolute Gasteiger partial charge is 0.352 e. The van der Waals surface area contributed by atoms with Crippen molar-refractivity contribution in [2.45, 2.75) is 44.7 Å². The van der Waals surface area contributed by atoms with Gasteiger partial charge in [-0.25, -0.2) is 13.4 Å². The lowest BCUT2D eigenvalue weighted by atomic mass is 10.2. The highest BCUT2D eigenvalue weighted by Gasteiger charge is 2.26. The molecule has 0 spiro atoms. The van der Waals surface area contributed by atoms with Crippen LogP contribution in [0.3, 0.4) is 0 Å². The molecule has 0 amide bonds. The first kappa shape index (κ1) is 24.0. The van der Waals surface area contributed by atoms with Crippen molar-refractivity contribution in [1.82, 2.24) is 19.9 Å². The van der Waals surface area contributed by atoms with E-state index in [2.05, 4.69) is 27.5 Å². The molecule has 0 unspecified atom stereocenters. The molecular weight excluding hydrogens is 521 g/mol. The van der Waals surface area contributed by atoms with Gasteiger partial charge in [0.15, 0.2) is 5.96 Å². The Morgan fingerprint density at radius 1 is 1.14 bits per heavy atom. The van der Waals surface area contributed by atoms with Gasteiger partial charge in [-0.3, -0.25) is 4.99 Å². The van der Waals surface area contributed by atoms with Gasteiger partial charge in [-0.2, -0.15) is 4.31 Å². The van der Waals surface area contributed by atoms with Crippen molar-refractivity contribution >= 4 is 51.3 Å². The number of guanidine groups is 1. The van der Waals surface area contributed by atoms with Crippen molar-refractivity contribution in [2.75, 3.05) is 20.1 Å². The zero-order chi connectivity index (χ0) is 20.1. The zero-order valence-corrected chi connectivity index (χ0v) is 20.9.